The summed E-state index contributed by atoms with van der Waals surface area (Å²) in [7, 11) is 1.63. The number of hydrogen-bond donors (Lipinski definition) is 1. The average molecular weight is 170 g/mol. The third-order valence-electron chi connectivity index (χ3n) is 1.78. The molecule has 3 heteroatoms. The fraction of sp³-hybridized carbons (Fsp3) is 0.667. The fourth-order valence-corrected chi connectivity index (χ4v) is 1.13. The van der Waals surface area contributed by atoms with E-state index in [1.165, 1.54) is 0 Å². The van der Waals surface area contributed by atoms with Crippen LogP contribution < -0.4 is 5.32 Å². The molecule has 1 atom stereocenters. The maximum absolute atomic E-state index is 11.3. The zero-order chi connectivity index (χ0) is 9.72. The first-order valence-corrected chi connectivity index (χ1v) is 4.17. The van der Waals surface area contributed by atoms with Gasteiger partial charge in [0, 0.05) is 19.1 Å². The highest BCUT2D eigenvalue weighted by Gasteiger charge is 2.19. The lowest BCUT2D eigenvalue weighted by Gasteiger charge is -2.30. The Morgan fingerprint density at radius 3 is 2.25 bits per heavy atom. The lowest BCUT2D eigenvalue weighted by molar-refractivity contribution is 0.174. The van der Waals surface area contributed by atoms with Gasteiger partial charge in [0.25, 0.3) is 0 Å². The molecule has 1 N–H and O–H groups in total. The molecule has 0 saturated heterocycles. The molecule has 0 spiro atoms. The third-order valence-corrected chi connectivity index (χ3v) is 1.78. The van der Waals surface area contributed by atoms with E-state index in [1.54, 1.807) is 18.0 Å². The maximum atomic E-state index is 11.3. The maximum Gasteiger partial charge on any atom is 0.317 e. The number of hydrogen-bond acceptors (Lipinski definition) is 1. The predicted octanol–water partition coefficient (Wildman–Crippen LogP) is 1.61. The van der Waals surface area contributed by atoms with E-state index in [4.69, 9.17) is 0 Å². The van der Waals surface area contributed by atoms with Gasteiger partial charge in [-0.05, 0) is 20.8 Å². The van der Waals surface area contributed by atoms with Crippen molar-refractivity contribution in [2.24, 2.45) is 0 Å². The van der Waals surface area contributed by atoms with Gasteiger partial charge >= 0.3 is 6.03 Å². The van der Waals surface area contributed by atoms with Gasteiger partial charge in [-0.2, -0.15) is 0 Å². The molecule has 0 aliphatic carbocycles. The van der Waals surface area contributed by atoms with Crippen molar-refractivity contribution >= 4 is 6.03 Å². The number of rotatable bonds is 3. The minimum absolute atomic E-state index is 0.0580. The summed E-state index contributed by atoms with van der Waals surface area (Å²) in [5.74, 6) is 0. The van der Waals surface area contributed by atoms with Crippen LogP contribution in [0.1, 0.15) is 20.8 Å². The van der Waals surface area contributed by atoms with Crippen molar-refractivity contribution in [3.63, 3.8) is 0 Å². The van der Waals surface area contributed by atoms with Crippen molar-refractivity contribution in [1.29, 1.82) is 0 Å². The average Bonchev–Trinajstić information content (AvgIpc) is 2.03. The van der Waals surface area contributed by atoms with Gasteiger partial charge in [0.2, 0.25) is 0 Å². The Hall–Kier alpha value is -0.990. The van der Waals surface area contributed by atoms with Crippen LogP contribution in [0.5, 0.6) is 0 Å². The van der Waals surface area contributed by atoms with Crippen LogP contribution in [0.15, 0.2) is 12.7 Å². The van der Waals surface area contributed by atoms with Crippen molar-refractivity contribution < 1.29 is 4.79 Å². The predicted molar refractivity (Wildman–Crippen MR) is 51.1 cm³/mol. The first-order chi connectivity index (χ1) is 5.54. The van der Waals surface area contributed by atoms with E-state index >= 15 is 0 Å². The van der Waals surface area contributed by atoms with Gasteiger partial charge < -0.3 is 10.2 Å². The summed E-state index contributed by atoms with van der Waals surface area (Å²) >= 11 is 0. The molecule has 0 aliphatic heterocycles. The monoisotopic (exact) mass is 170 g/mol. The lowest BCUT2D eigenvalue weighted by Crippen LogP contribution is -2.46. The summed E-state index contributed by atoms with van der Waals surface area (Å²) in [6.07, 6.45) is 1.76. The minimum atomic E-state index is -0.0580. The van der Waals surface area contributed by atoms with Crippen molar-refractivity contribution in [3.8, 4) is 0 Å². The molecule has 0 fully saturated rings. The zero-order valence-corrected chi connectivity index (χ0v) is 8.29. The van der Waals surface area contributed by atoms with E-state index in [-0.39, 0.29) is 18.1 Å². The molecule has 0 bridgehead atoms. The third kappa shape index (κ3) is 2.57. The highest BCUT2D eigenvalue weighted by Crippen LogP contribution is 2.05. The van der Waals surface area contributed by atoms with E-state index in [0.717, 1.165) is 0 Å². The normalized spacial score (nSPS) is 12.4. The summed E-state index contributed by atoms with van der Waals surface area (Å²) in [6, 6.07) is 0.209. The van der Waals surface area contributed by atoms with Gasteiger partial charge in [-0.3, -0.25) is 0 Å². The minimum Gasteiger partial charge on any atom is -0.341 e. The second-order valence-corrected chi connectivity index (χ2v) is 3.03. The molecule has 0 aromatic rings. The van der Waals surface area contributed by atoms with Gasteiger partial charge in [0.05, 0.1) is 0 Å². The van der Waals surface area contributed by atoms with Crippen LogP contribution in [0.2, 0.25) is 0 Å². The number of nitrogens with zero attached hydrogens (tertiary/aromatic N) is 1. The van der Waals surface area contributed by atoms with Crippen LogP contribution in [0, 0.1) is 0 Å². The topological polar surface area (TPSA) is 32.3 Å². The SMILES string of the molecule is C=CC(C)N(C(=O)NC)C(C)C. The van der Waals surface area contributed by atoms with E-state index in [9.17, 15) is 4.79 Å². The number of carbonyl (C=O) groups excluding carboxylic acids is 1. The largest absolute Gasteiger partial charge is 0.341 e. The van der Waals surface area contributed by atoms with Crippen LogP contribution in [0.25, 0.3) is 0 Å². The van der Waals surface area contributed by atoms with Crippen LogP contribution in [0.3, 0.4) is 0 Å². The number of amides is 2. The summed E-state index contributed by atoms with van der Waals surface area (Å²) < 4.78 is 0. The molecule has 12 heavy (non-hydrogen) atoms. The van der Waals surface area contributed by atoms with Crippen molar-refractivity contribution in [2.75, 3.05) is 7.05 Å². The van der Waals surface area contributed by atoms with Gasteiger partial charge in [-0.1, -0.05) is 6.08 Å². The van der Waals surface area contributed by atoms with Crippen molar-refractivity contribution in [1.82, 2.24) is 10.2 Å². The lowest BCUT2D eigenvalue weighted by atomic mass is 10.2. The van der Waals surface area contributed by atoms with E-state index in [1.807, 2.05) is 20.8 Å². The summed E-state index contributed by atoms with van der Waals surface area (Å²) in [5, 5.41) is 2.60. The second-order valence-electron chi connectivity index (χ2n) is 3.03. The van der Waals surface area contributed by atoms with Crippen LogP contribution in [-0.4, -0.2) is 30.1 Å². The standard InChI is InChI=1S/C9H18N2O/c1-6-8(4)11(7(2)3)9(12)10-5/h6-8H,1H2,2-5H3,(H,10,12). The smallest absolute Gasteiger partial charge is 0.317 e. The van der Waals surface area contributed by atoms with Crippen molar-refractivity contribution in [3.05, 3.63) is 12.7 Å². The van der Waals surface area contributed by atoms with Crippen molar-refractivity contribution in [2.45, 2.75) is 32.9 Å². The molecule has 0 aromatic heterocycles. The summed E-state index contributed by atoms with van der Waals surface area (Å²) in [5.41, 5.74) is 0. The number of nitrogens with one attached hydrogen (secondary N) is 1. The molecule has 0 saturated carbocycles. The first kappa shape index (κ1) is 11.0. The zero-order valence-electron chi connectivity index (χ0n) is 8.29. The Balaban J connectivity index is 4.42. The molecule has 0 radical (unpaired) electrons. The molecular formula is C9H18N2O. The van der Waals surface area contributed by atoms with Crippen LogP contribution in [-0.2, 0) is 0 Å². The first-order valence-electron chi connectivity index (χ1n) is 4.17. The highest BCUT2D eigenvalue weighted by atomic mass is 16.2. The summed E-state index contributed by atoms with van der Waals surface area (Å²) in [4.78, 5) is 13.1. The van der Waals surface area contributed by atoms with Crippen LogP contribution >= 0.6 is 0 Å². The molecule has 3 nitrogen and oxygen atoms in total. The molecular weight excluding hydrogens is 152 g/mol. The number of carbonyl (C=O) groups is 1. The molecule has 0 aliphatic rings. The Morgan fingerprint density at radius 2 is 2.00 bits per heavy atom. The van der Waals surface area contributed by atoms with E-state index in [2.05, 4.69) is 11.9 Å². The molecule has 0 rings (SSSR count). The fourth-order valence-electron chi connectivity index (χ4n) is 1.13. The van der Waals surface area contributed by atoms with Crippen LogP contribution in [0.4, 0.5) is 4.79 Å². The molecule has 0 aromatic carbocycles. The molecule has 2 amide bonds. The van der Waals surface area contributed by atoms with E-state index < -0.39 is 0 Å². The van der Waals surface area contributed by atoms with Gasteiger partial charge in [-0.15, -0.1) is 6.58 Å². The quantitative estimate of drug-likeness (QED) is 0.641. The van der Waals surface area contributed by atoms with E-state index in [0.29, 0.717) is 0 Å². The Kier molecular flexibility index (Phi) is 4.40. The molecule has 0 heterocycles. The number of urea groups is 1. The molecule has 1 unspecified atom stereocenters. The van der Waals surface area contributed by atoms with Gasteiger partial charge in [0.15, 0.2) is 0 Å². The summed E-state index contributed by atoms with van der Waals surface area (Å²) in [6.45, 7) is 9.57. The Morgan fingerprint density at radius 1 is 1.50 bits per heavy atom. The molecule has 70 valence electrons. The Labute approximate surface area is 74.4 Å². The van der Waals surface area contributed by atoms with Gasteiger partial charge in [-0.25, -0.2) is 4.79 Å². The highest BCUT2D eigenvalue weighted by molar-refractivity contribution is 5.74. The van der Waals surface area contributed by atoms with Gasteiger partial charge in [0.1, 0.15) is 0 Å². The second kappa shape index (κ2) is 4.80. The Bertz CT molecular complexity index is 166.